The van der Waals surface area contributed by atoms with Gasteiger partial charge in [-0.15, -0.1) is 11.8 Å². The fraction of sp³-hybridized carbons (Fsp3) is 0.421. The zero-order chi connectivity index (χ0) is 18.1. The van der Waals surface area contributed by atoms with Crippen LogP contribution < -0.4 is 5.32 Å². The Hall–Kier alpha value is -1.53. The van der Waals surface area contributed by atoms with Crippen LogP contribution in [0.1, 0.15) is 29.8 Å². The highest BCUT2D eigenvalue weighted by atomic mass is 32.2. The molecule has 0 aliphatic carbocycles. The van der Waals surface area contributed by atoms with Crippen LogP contribution in [0.3, 0.4) is 0 Å². The number of hydrogen-bond acceptors (Lipinski definition) is 5. The lowest BCUT2D eigenvalue weighted by molar-refractivity contribution is -0.121. The smallest absolute Gasteiger partial charge is 0.220 e. The third kappa shape index (κ3) is 6.71. The molecule has 6 heteroatoms. The van der Waals surface area contributed by atoms with Crippen LogP contribution in [0, 0.1) is 13.8 Å². The average Bonchev–Trinajstić information content (AvgIpc) is 2.61. The van der Waals surface area contributed by atoms with E-state index in [0.29, 0.717) is 12.8 Å². The van der Waals surface area contributed by atoms with Crippen molar-refractivity contribution < 1.29 is 4.79 Å². The molecule has 0 unspecified atom stereocenters. The molecule has 1 aromatic carbocycles. The van der Waals surface area contributed by atoms with Crippen molar-refractivity contribution in [3.63, 3.8) is 0 Å². The van der Waals surface area contributed by atoms with Crippen LogP contribution in [0.5, 0.6) is 0 Å². The molecule has 0 radical (unpaired) electrons. The van der Waals surface area contributed by atoms with Crippen LogP contribution >= 0.6 is 23.5 Å². The number of aryl methyl sites for hydroxylation is 2. The van der Waals surface area contributed by atoms with E-state index in [1.165, 1.54) is 4.90 Å². The van der Waals surface area contributed by atoms with Crippen molar-refractivity contribution in [3.05, 3.63) is 47.3 Å². The van der Waals surface area contributed by atoms with E-state index in [4.69, 9.17) is 0 Å². The molecule has 134 valence electrons. The first-order valence-electron chi connectivity index (χ1n) is 8.43. The van der Waals surface area contributed by atoms with Gasteiger partial charge in [-0.1, -0.05) is 30.0 Å². The molecule has 0 saturated carbocycles. The molecule has 0 aliphatic rings. The van der Waals surface area contributed by atoms with Crippen LogP contribution in [-0.2, 0) is 11.2 Å². The van der Waals surface area contributed by atoms with E-state index in [0.717, 1.165) is 40.8 Å². The van der Waals surface area contributed by atoms with E-state index >= 15 is 0 Å². The Morgan fingerprint density at radius 1 is 1.12 bits per heavy atom. The Kier molecular flexibility index (Phi) is 8.28. The van der Waals surface area contributed by atoms with E-state index in [9.17, 15) is 4.79 Å². The SMILES string of the molecule is CSc1nc(C)c(CCC(=O)NCCCSc2ccccc2)c(C)n1. The Bertz CT molecular complexity index is 669. The monoisotopic (exact) mass is 375 g/mol. The zero-order valence-corrected chi connectivity index (χ0v) is 16.7. The standard InChI is InChI=1S/C19H25N3OS2/c1-14-17(15(2)22-19(21-14)24-3)10-11-18(23)20-12-7-13-25-16-8-5-4-6-9-16/h4-6,8-9H,7,10-13H2,1-3H3,(H,20,23). The number of carbonyl (C=O) groups excluding carboxylic acids is 1. The summed E-state index contributed by atoms with van der Waals surface area (Å²) < 4.78 is 0. The lowest BCUT2D eigenvalue weighted by Gasteiger charge is -2.10. The molecular formula is C19H25N3OS2. The zero-order valence-electron chi connectivity index (χ0n) is 15.0. The minimum atomic E-state index is 0.0949. The highest BCUT2D eigenvalue weighted by Crippen LogP contribution is 2.18. The van der Waals surface area contributed by atoms with Gasteiger partial charge in [-0.05, 0) is 56.4 Å². The summed E-state index contributed by atoms with van der Waals surface area (Å²) >= 11 is 3.36. The van der Waals surface area contributed by atoms with E-state index in [2.05, 4.69) is 27.4 Å². The maximum Gasteiger partial charge on any atom is 0.220 e. The number of thioether (sulfide) groups is 2. The average molecular weight is 376 g/mol. The van der Waals surface area contributed by atoms with Gasteiger partial charge in [0.1, 0.15) is 0 Å². The van der Waals surface area contributed by atoms with Gasteiger partial charge in [0.2, 0.25) is 5.91 Å². The molecule has 2 aromatic rings. The molecule has 4 nitrogen and oxygen atoms in total. The van der Waals surface area contributed by atoms with Crippen molar-refractivity contribution in [2.24, 2.45) is 0 Å². The van der Waals surface area contributed by atoms with Gasteiger partial charge in [-0.25, -0.2) is 9.97 Å². The van der Waals surface area contributed by atoms with Gasteiger partial charge in [0.15, 0.2) is 5.16 Å². The molecule has 1 aromatic heterocycles. The van der Waals surface area contributed by atoms with Crippen molar-refractivity contribution in [1.29, 1.82) is 0 Å². The minimum Gasteiger partial charge on any atom is -0.356 e. The van der Waals surface area contributed by atoms with Crippen LogP contribution in [0.25, 0.3) is 0 Å². The second-order valence-electron chi connectivity index (χ2n) is 5.72. The second-order valence-corrected chi connectivity index (χ2v) is 7.67. The molecule has 1 amide bonds. The van der Waals surface area contributed by atoms with Crippen LogP contribution in [0.4, 0.5) is 0 Å². The number of rotatable bonds is 9. The molecule has 0 saturated heterocycles. The van der Waals surface area contributed by atoms with Crippen LogP contribution in [0.2, 0.25) is 0 Å². The first-order valence-corrected chi connectivity index (χ1v) is 10.6. The summed E-state index contributed by atoms with van der Waals surface area (Å²) in [6.07, 6.45) is 4.11. The predicted octanol–water partition coefficient (Wildman–Crippen LogP) is 4.05. The van der Waals surface area contributed by atoms with Crippen LogP contribution in [-0.4, -0.2) is 34.4 Å². The van der Waals surface area contributed by atoms with Crippen molar-refractivity contribution in [2.45, 2.75) is 43.2 Å². The summed E-state index contributed by atoms with van der Waals surface area (Å²) in [7, 11) is 0. The Morgan fingerprint density at radius 2 is 1.80 bits per heavy atom. The molecule has 0 fully saturated rings. The molecule has 0 spiro atoms. The van der Waals surface area contributed by atoms with E-state index in [1.807, 2.05) is 50.1 Å². The summed E-state index contributed by atoms with van der Waals surface area (Å²) in [5, 5.41) is 3.79. The fourth-order valence-corrected chi connectivity index (χ4v) is 3.83. The summed E-state index contributed by atoms with van der Waals surface area (Å²) in [5.41, 5.74) is 3.04. The Morgan fingerprint density at radius 3 is 2.44 bits per heavy atom. The first-order chi connectivity index (χ1) is 12.1. The molecule has 25 heavy (non-hydrogen) atoms. The van der Waals surface area contributed by atoms with Gasteiger partial charge in [0, 0.05) is 29.2 Å². The molecule has 1 heterocycles. The molecule has 2 rings (SSSR count). The predicted molar refractivity (Wildman–Crippen MR) is 106 cm³/mol. The van der Waals surface area contributed by atoms with Gasteiger partial charge in [0.05, 0.1) is 0 Å². The van der Waals surface area contributed by atoms with Gasteiger partial charge in [-0.2, -0.15) is 0 Å². The van der Waals surface area contributed by atoms with E-state index in [-0.39, 0.29) is 5.91 Å². The topological polar surface area (TPSA) is 54.9 Å². The third-order valence-corrected chi connectivity index (χ3v) is 5.49. The largest absolute Gasteiger partial charge is 0.356 e. The maximum atomic E-state index is 12.0. The summed E-state index contributed by atoms with van der Waals surface area (Å²) in [4.78, 5) is 22.2. The highest BCUT2D eigenvalue weighted by molar-refractivity contribution is 7.99. The Balaban J connectivity index is 1.67. The van der Waals surface area contributed by atoms with Gasteiger partial charge in [-0.3, -0.25) is 4.79 Å². The van der Waals surface area contributed by atoms with Gasteiger partial charge in [0.25, 0.3) is 0 Å². The molecule has 0 bridgehead atoms. The summed E-state index contributed by atoms with van der Waals surface area (Å²) in [6.45, 7) is 4.70. The number of hydrogen-bond donors (Lipinski definition) is 1. The van der Waals surface area contributed by atoms with E-state index in [1.54, 1.807) is 11.8 Å². The summed E-state index contributed by atoms with van der Waals surface area (Å²) in [6, 6.07) is 10.3. The van der Waals surface area contributed by atoms with E-state index < -0.39 is 0 Å². The van der Waals surface area contributed by atoms with Gasteiger partial charge < -0.3 is 5.32 Å². The number of nitrogens with one attached hydrogen (secondary N) is 1. The van der Waals surface area contributed by atoms with Crippen molar-refractivity contribution in [1.82, 2.24) is 15.3 Å². The normalized spacial score (nSPS) is 10.7. The number of carbonyl (C=O) groups is 1. The number of benzene rings is 1. The van der Waals surface area contributed by atoms with Crippen LogP contribution in [0.15, 0.2) is 40.4 Å². The number of nitrogens with zero attached hydrogens (tertiary/aromatic N) is 2. The quantitative estimate of drug-likeness (QED) is 0.407. The highest BCUT2D eigenvalue weighted by Gasteiger charge is 2.10. The molecule has 0 atom stereocenters. The second kappa shape index (κ2) is 10.5. The van der Waals surface area contributed by atoms with Crippen molar-refractivity contribution in [2.75, 3.05) is 18.6 Å². The lowest BCUT2D eigenvalue weighted by atomic mass is 10.1. The number of aromatic nitrogens is 2. The minimum absolute atomic E-state index is 0.0949. The summed E-state index contributed by atoms with van der Waals surface area (Å²) in [5.74, 6) is 1.10. The third-order valence-electron chi connectivity index (χ3n) is 3.84. The van der Waals surface area contributed by atoms with Crippen molar-refractivity contribution in [3.8, 4) is 0 Å². The first kappa shape index (κ1) is 19.8. The molecule has 1 N–H and O–H groups in total. The van der Waals surface area contributed by atoms with Crippen molar-refractivity contribution >= 4 is 29.4 Å². The molecule has 0 aliphatic heterocycles. The maximum absolute atomic E-state index is 12.0. The number of amides is 1. The molecular weight excluding hydrogens is 350 g/mol. The van der Waals surface area contributed by atoms with Gasteiger partial charge >= 0.3 is 0 Å². The Labute approximate surface area is 158 Å². The lowest BCUT2D eigenvalue weighted by Crippen LogP contribution is -2.25. The fourth-order valence-electron chi connectivity index (χ4n) is 2.50.